The molecule has 0 spiro atoms. The van der Waals surface area contributed by atoms with Gasteiger partial charge in [-0.3, -0.25) is 10.1 Å². The van der Waals surface area contributed by atoms with Gasteiger partial charge < -0.3 is 14.2 Å². The van der Waals surface area contributed by atoms with Crippen LogP contribution in [0.5, 0.6) is 11.6 Å². The van der Waals surface area contributed by atoms with Gasteiger partial charge in [-0.2, -0.15) is 10.2 Å². The molecule has 32 heavy (non-hydrogen) atoms. The Morgan fingerprint density at radius 3 is 2.91 bits per heavy atom. The van der Waals surface area contributed by atoms with Gasteiger partial charge in [0.05, 0.1) is 60.7 Å². The van der Waals surface area contributed by atoms with E-state index in [1.807, 2.05) is 31.3 Å². The van der Waals surface area contributed by atoms with Crippen molar-refractivity contribution in [2.45, 2.75) is 6.42 Å². The Labute approximate surface area is 183 Å². The number of methoxy groups -OCH3 is 1. The monoisotopic (exact) mass is 431 g/mol. The molecule has 1 aromatic carbocycles. The number of carbonyl (C=O) groups excluding carboxylic acids is 1. The van der Waals surface area contributed by atoms with Crippen LogP contribution in [-0.4, -0.2) is 51.3 Å². The fourth-order valence-electron chi connectivity index (χ4n) is 3.61. The normalized spacial score (nSPS) is 14.4. The molecule has 0 saturated heterocycles. The Morgan fingerprint density at radius 2 is 2.03 bits per heavy atom. The van der Waals surface area contributed by atoms with Gasteiger partial charge in [0, 0.05) is 24.4 Å². The molecule has 1 aliphatic rings. The topological polar surface area (TPSA) is 104 Å². The largest absolute Gasteiger partial charge is 0.493 e. The first-order valence-electron chi connectivity index (χ1n) is 10.2. The third-order valence-electron chi connectivity index (χ3n) is 5.28. The van der Waals surface area contributed by atoms with E-state index in [1.54, 1.807) is 29.2 Å². The highest BCUT2D eigenvalue weighted by Crippen LogP contribution is 2.31. The van der Waals surface area contributed by atoms with Crippen LogP contribution in [0.15, 0.2) is 36.7 Å². The zero-order valence-corrected chi connectivity index (χ0v) is 17.7. The molecular formula is C23H21N5O4. The molecule has 9 heteroatoms. The van der Waals surface area contributed by atoms with Crippen LogP contribution in [0.1, 0.15) is 28.0 Å². The maximum Gasteiger partial charge on any atom is 0.337 e. The highest BCUT2D eigenvalue weighted by Gasteiger charge is 2.16. The molecule has 4 aromatic rings. The van der Waals surface area contributed by atoms with Crippen LogP contribution in [0, 0.1) is 0 Å². The summed E-state index contributed by atoms with van der Waals surface area (Å²) in [5.41, 5.74) is 4.40. The van der Waals surface area contributed by atoms with Gasteiger partial charge >= 0.3 is 5.97 Å². The number of pyridine rings is 1. The van der Waals surface area contributed by atoms with E-state index in [2.05, 4.69) is 20.3 Å². The van der Waals surface area contributed by atoms with E-state index < -0.39 is 5.97 Å². The summed E-state index contributed by atoms with van der Waals surface area (Å²) in [5, 5.41) is 12.7. The second-order valence-corrected chi connectivity index (χ2v) is 7.34. The predicted octanol–water partition coefficient (Wildman–Crippen LogP) is 3.48. The summed E-state index contributed by atoms with van der Waals surface area (Å²) >= 11 is 0. The number of aryl methyl sites for hydroxylation is 1. The van der Waals surface area contributed by atoms with Gasteiger partial charge in [0.25, 0.3) is 0 Å². The van der Waals surface area contributed by atoms with Crippen LogP contribution >= 0.6 is 0 Å². The lowest BCUT2D eigenvalue weighted by Crippen LogP contribution is -2.09. The summed E-state index contributed by atoms with van der Waals surface area (Å²) in [7, 11) is 3.19. The van der Waals surface area contributed by atoms with E-state index >= 15 is 0 Å². The average molecular weight is 431 g/mol. The Kier molecular flexibility index (Phi) is 5.06. The first-order valence-corrected chi connectivity index (χ1v) is 10.2. The van der Waals surface area contributed by atoms with Crippen molar-refractivity contribution in [3.8, 4) is 22.9 Å². The lowest BCUT2D eigenvalue weighted by atomic mass is 10.1. The lowest BCUT2D eigenvalue weighted by Gasteiger charge is -2.12. The molecular weight excluding hydrogens is 410 g/mol. The number of nitrogens with one attached hydrogen (secondary N) is 1. The van der Waals surface area contributed by atoms with Gasteiger partial charge in [-0.15, -0.1) is 0 Å². The summed E-state index contributed by atoms with van der Waals surface area (Å²) < 4.78 is 18.5. The highest BCUT2D eigenvalue weighted by molar-refractivity contribution is 5.93. The molecule has 1 N–H and O–H groups in total. The third-order valence-corrected chi connectivity index (χ3v) is 5.28. The average Bonchev–Trinajstić information content (AvgIpc) is 3.39. The van der Waals surface area contributed by atoms with E-state index in [4.69, 9.17) is 14.2 Å². The minimum absolute atomic E-state index is 0.414. The Bertz CT molecular complexity index is 1340. The van der Waals surface area contributed by atoms with Crippen LogP contribution in [0.25, 0.3) is 34.3 Å². The fraction of sp³-hybridized carbons (Fsp3) is 0.217. The number of rotatable bonds is 1. The molecule has 0 saturated carbocycles. The number of benzene rings is 1. The summed E-state index contributed by atoms with van der Waals surface area (Å²) in [6, 6.07) is 7.20. The second kappa shape index (κ2) is 8.18. The first kappa shape index (κ1) is 19.8. The molecule has 1 aliphatic heterocycles. The minimum Gasteiger partial charge on any atom is -0.493 e. The number of fused-ring (bicyclic) bond motifs is 4. The molecule has 4 heterocycles. The van der Waals surface area contributed by atoms with Crippen molar-refractivity contribution in [2.24, 2.45) is 7.05 Å². The van der Waals surface area contributed by atoms with Crippen molar-refractivity contribution in [3.05, 3.63) is 53.5 Å². The summed E-state index contributed by atoms with van der Waals surface area (Å²) in [5.74, 6) is 0.810. The zero-order valence-electron chi connectivity index (χ0n) is 17.7. The molecule has 0 fully saturated rings. The van der Waals surface area contributed by atoms with E-state index in [9.17, 15) is 4.79 Å². The zero-order chi connectivity index (χ0) is 22.1. The number of nitrogens with zero attached hydrogens (tertiary/aromatic N) is 4. The summed E-state index contributed by atoms with van der Waals surface area (Å²) in [4.78, 5) is 16.5. The Morgan fingerprint density at radius 1 is 1.16 bits per heavy atom. The molecule has 9 nitrogen and oxygen atoms in total. The van der Waals surface area contributed by atoms with Crippen molar-refractivity contribution in [1.82, 2.24) is 25.0 Å². The smallest absolute Gasteiger partial charge is 0.337 e. The molecule has 162 valence electrons. The second-order valence-electron chi connectivity index (χ2n) is 7.34. The van der Waals surface area contributed by atoms with Crippen molar-refractivity contribution >= 4 is 29.0 Å². The number of hydrogen-bond acceptors (Lipinski definition) is 7. The van der Waals surface area contributed by atoms with Crippen LogP contribution < -0.4 is 9.47 Å². The number of aromatic amines is 1. The number of H-pyrrole nitrogens is 1. The summed E-state index contributed by atoms with van der Waals surface area (Å²) in [6.07, 6.45) is 7.96. The molecule has 0 radical (unpaired) electrons. The Hall–Kier alpha value is -4.14. The first-order chi connectivity index (χ1) is 15.6. The van der Waals surface area contributed by atoms with E-state index in [0.29, 0.717) is 36.8 Å². The van der Waals surface area contributed by atoms with Crippen LogP contribution in [0.2, 0.25) is 0 Å². The Balaban J connectivity index is 1.61. The van der Waals surface area contributed by atoms with Gasteiger partial charge in [-0.25, -0.2) is 9.48 Å². The SMILES string of the molecule is COC(=O)c1ccc2c(c1)OCCCOc1c(cnn1C)-c1cc3c(n[nH]c3cn1)/C=C/2. The lowest BCUT2D eigenvalue weighted by molar-refractivity contribution is 0.0600. The number of ether oxygens (including phenoxy) is 3. The van der Waals surface area contributed by atoms with E-state index in [0.717, 1.165) is 33.4 Å². The quantitative estimate of drug-likeness (QED) is 0.460. The van der Waals surface area contributed by atoms with Gasteiger partial charge in [-0.05, 0) is 30.4 Å². The maximum atomic E-state index is 12.0. The van der Waals surface area contributed by atoms with Crippen LogP contribution in [0.4, 0.5) is 0 Å². The fourth-order valence-corrected chi connectivity index (χ4v) is 3.61. The van der Waals surface area contributed by atoms with Crippen molar-refractivity contribution in [2.75, 3.05) is 20.3 Å². The van der Waals surface area contributed by atoms with Gasteiger partial charge in [0.2, 0.25) is 5.88 Å². The van der Waals surface area contributed by atoms with Gasteiger partial charge in [0.15, 0.2) is 0 Å². The molecule has 0 amide bonds. The molecule has 5 rings (SSSR count). The summed E-state index contributed by atoms with van der Waals surface area (Å²) in [6.45, 7) is 0.852. The van der Waals surface area contributed by atoms with Gasteiger partial charge in [0.1, 0.15) is 5.75 Å². The number of hydrogen-bond donors (Lipinski definition) is 1. The number of carbonyl (C=O) groups is 1. The molecule has 0 unspecified atom stereocenters. The minimum atomic E-state index is -0.415. The molecule has 0 atom stereocenters. The van der Waals surface area contributed by atoms with Crippen LogP contribution in [0.3, 0.4) is 0 Å². The van der Waals surface area contributed by atoms with Crippen molar-refractivity contribution in [3.63, 3.8) is 0 Å². The van der Waals surface area contributed by atoms with E-state index in [1.165, 1.54) is 7.11 Å². The molecule has 3 aromatic heterocycles. The third kappa shape index (κ3) is 3.58. The molecule has 2 bridgehead atoms. The van der Waals surface area contributed by atoms with Crippen LogP contribution in [-0.2, 0) is 11.8 Å². The maximum absolute atomic E-state index is 12.0. The van der Waals surface area contributed by atoms with Gasteiger partial charge in [-0.1, -0.05) is 6.07 Å². The molecule has 0 aliphatic carbocycles. The number of aromatic nitrogens is 5. The standard InChI is InChI=1S/C23H21N5O4/c1-28-22-17(12-25-28)19-11-16-18(26-27-20(16)13-24-19)7-6-14-4-5-15(23(29)30-2)10-21(14)31-8-3-9-32-22/h4-7,10-13H,3,8-9H2,1-2H3,(H,26,27)/b7-6+. The van der Waals surface area contributed by atoms with Crippen molar-refractivity contribution < 1.29 is 19.0 Å². The number of esters is 1. The van der Waals surface area contributed by atoms with Crippen molar-refractivity contribution in [1.29, 1.82) is 0 Å². The predicted molar refractivity (Wildman–Crippen MR) is 118 cm³/mol. The van der Waals surface area contributed by atoms with E-state index in [-0.39, 0.29) is 0 Å². The highest BCUT2D eigenvalue weighted by atomic mass is 16.5.